The molecular weight excluding hydrogens is 519 g/mol. The van der Waals surface area contributed by atoms with Crippen molar-refractivity contribution in [2.24, 2.45) is 0 Å². The van der Waals surface area contributed by atoms with Crippen molar-refractivity contribution < 1.29 is 33.3 Å². The third-order valence-electron chi connectivity index (χ3n) is 6.27. The molecule has 0 radical (unpaired) electrons. The number of hydrogen-bond acceptors (Lipinski definition) is 8. The lowest BCUT2D eigenvalue weighted by Gasteiger charge is -2.37. The van der Waals surface area contributed by atoms with Crippen molar-refractivity contribution in [2.75, 3.05) is 31.5 Å². The Hall–Kier alpha value is -5.16. The topological polar surface area (TPSA) is 113 Å². The molecule has 1 aliphatic rings. The predicted molar refractivity (Wildman–Crippen MR) is 146 cm³/mol. The van der Waals surface area contributed by atoms with Gasteiger partial charge in [0.1, 0.15) is 22.9 Å². The highest BCUT2D eigenvalue weighted by Crippen LogP contribution is 2.37. The summed E-state index contributed by atoms with van der Waals surface area (Å²) >= 11 is 0. The molecule has 1 aliphatic heterocycles. The highest BCUT2D eigenvalue weighted by Gasteiger charge is 2.36. The van der Waals surface area contributed by atoms with E-state index in [9.17, 15) is 19.1 Å². The Balaban J connectivity index is 1.32. The Morgan fingerprint density at radius 2 is 1.65 bits per heavy atom. The van der Waals surface area contributed by atoms with Crippen LogP contribution in [0.15, 0.2) is 84.7 Å². The van der Waals surface area contributed by atoms with E-state index in [0.29, 0.717) is 34.2 Å². The molecule has 0 spiro atoms. The molecule has 1 aromatic heterocycles. The fraction of sp³-hybridized carbons (Fsp3) is 0.138. The number of benzene rings is 3. The molecule has 0 bridgehead atoms. The smallest absolute Gasteiger partial charge is 0.268 e. The quantitative estimate of drug-likeness (QED) is 0.332. The fourth-order valence-corrected chi connectivity index (χ4v) is 4.22. The molecule has 5 rings (SSSR count). The number of fused-ring (bicyclic) bond motifs is 1. The van der Waals surface area contributed by atoms with Gasteiger partial charge in [-0.3, -0.25) is 19.5 Å². The number of carbonyl (C=O) groups excluding carboxylic acids is 2. The summed E-state index contributed by atoms with van der Waals surface area (Å²) < 4.78 is 30.2. The second-order valence-corrected chi connectivity index (χ2v) is 8.82. The molecule has 2 N–H and O–H groups in total. The number of nitrogens with zero attached hydrogens (tertiary/aromatic N) is 3. The predicted octanol–water partition coefficient (Wildman–Crippen LogP) is 4.26. The maximum Gasteiger partial charge on any atom is 0.268 e. The molecule has 40 heavy (non-hydrogen) atoms. The first-order valence-electron chi connectivity index (χ1n) is 12.1. The third-order valence-corrected chi connectivity index (χ3v) is 6.27. The van der Waals surface area contributed by atoms with E-state index in [2.05, 4.69) is 10.3 Å². The Morgan fingerprint density at radius 3 is 2.33 bits per heavy atom. The van der Waals surface area contributed by atoms with Crippen LogP contribution < -0.4 is 24.4 Å². The van der Waals surface area contributed by atoms with Gasteiger partial charge < -0.3 is 29.5 Å². The van der Waals surface area contributed by atoms with Gasteiger partial charge in [-0.15, -0.1) is 0 Å². The standard InChI is InChI=1S/C29H25FN4O6/c1-33-16-22(28(36)34(29(33)37)19-8-4-17(30)5-9-19)27(35)32-18-6-10-20(11-7-18)40-24-12-13-31-23-15-26(39-3)25(38-2)14-21(23)24/h4-16,29,37H,1-3H3,(H,32,35). The molecule has 0 aliphatic carbocycles. The first-order chi connectivity index (χ1) is 19.3. The molecule has 2 heterocycles. The van der Waals surface area contributed by atoms with Gasteiger partial charge in [0.25, 0.3) is 11.8 Å². The van der Waals surface area contributed by atoms with Crippen LogP contribution in [0, 0.1) is 5.82 Å². The van der Waals surface area contributed by atoms with Crippen LogP contribution in [-0.2, 0) is 9.59 Å². The van der Waals surface area contributed by atoms with Gasteiger partial charge in [-0.1, -0.05) is 0 Å². The monoisotopic (exact) mass is 544 g/mol. The van der Waals surface area contributed by atoms with Gasteiger partial charge >= 0.3 is 0 Å². The number of halogens is 1. The summed E-state index contributed by atoms with van der Waals surface area (Å²) in [6.07, 6.45) is 1.52. The van der Waals surface area contributed by atoms with Gasteiger partial charge in [-0.05, 0) is 60.7 Å². The summed E-state index contributed by atoms with van der Waals surface area (Å²) in [5.41, 5.74) is 1.11. The van der Waals surface area contributed by atoms with E-state index < -0.39 is 24.0 Å². The van der Waals surface area contributed by atoms with Crippen molar-refractivity contribution in [3.8, 4) is 23.0 Å². The summed E-state index contributed by atoms with van der Waals surface area (Å²) in [6, 6.07) is 16.9. The lowest BCUT2D eigenvalue weighted by atomic mass is 10.1. The SMILES string of the molecule is COc1cc2nccc(Oc3ccc(NC(=O)C4=CN(C)C(O)N(c5ccc(F)cc5)C4=O)cc3)c2cc1OC. The van der Waals surface area contributed by atoms with Crippen LogP contribution in [-0.4, -0.2) is 54.4 Å². The summed E-state index contributed by atoms with van der Waals surface area (Å²) in [4.78, 5) is 32.8. The molecule has 1 atom stereocenters. The first-order valence-corrected chi connectivity index (χ1v) is 12.1. The van der Waals surface area contributed by atoms with Crippen molar-refractivity contribution in [3.63, 3.8) is 0 Å². The molecule has 204 valence electrons. The van der Waals surface area contributed by atoms with E-state index in [1.54, 1.807) is 62.9 Å². The number of carbonyl (C=O) groups is 2. The molecular formula is C29H25FN4O6. The molecule has 2 amide bonds. The van der Waals surface area contributed by atoms with Crippen molar-refractivity contribution in [1.82, 2.24) is 9.88 Å². The molecule has 4 aromatic rings. The average Bonchev–Trinajstić information content (AvgIpc) is 2.96. The van der Waals surface area contributed by atoms with E-state index >= 15 is 0 Å². The normalized spacial score (nSPS) is 15.1. The third kappa shape index (κ3) is 5.09. The maximum atomic E-state index is 13.4. The lowest BCUT2D eigenvalue weighted by molar-refractivity contribution is -0.124. The van der Waals surface area contributed by atoms with E-state index in [1.165, 1.54) is 42.4 Å². The molecule has 0 saturated carbocycles. The highest BCUT2D eigenvalue weighted by molar-refractivity contribution is 6.27. The van der Waals surface area contributed by atoms with Gasteiger partial charge in [-0.2, -0.15) is 0 Å². The van der Waals surface area contributed by atoms with Gasteiger partial charge in [0.2, 0.25) is 6.35 Å². The van der Waals surface area contributed by atoms with Crippen LogP contribution in [0.25, 0.3) is 10.9 Å². The Morgan fingerprint density at radius 1 is 0.975 bits per heavy atom. The molecule has 10 nitrogen and oxygen atoms in total. The molecule has 0 fully saturated rings. The van der Waals surface area contributed by atoms with Crippen LogP contribution in [0.2, 0.25) is 0 Å². The van der Waals surface area contributed by atoms with E-state index in [-0.39, 0.29) is 11.3 Å². The van der Waals surface area contributed by atoms with Crippen molar-refractivity contribution in [2.45, 2.75) is 6.35 Å². The van der Waals surface area contributed by atoms with Crippen LogP contribution in [0.5, 0.6) is 23.0 Å². The van der Waals surface area contributed by atoms with Crippen molar-refractivity contribution in [1.29, 1.82) is 0 Å². The van der Waals surface area contributed by atoms with E-state index in [4.69, 9.17) is 14.2 Å². The Kier molecular flexibility index (Phi) is 7.21. The second-order valence-electron chi connectivity index (χ2n) is 8.82. The zero-order valence-corrected chi connectivity index (χ0v) is 21.8. The number of nitrogens with one attached hydrogen (secondary N) is 1. The Labute approximate surface area is 228 Å². The van der Waals surface area contributed by atoms with Crippen LogP contribution in [0.4, 0.5) is 15.8 Å². The number of hydrogen-bond donors (Lipinski definition) is 2. The number of aromatic nitrogens is 1. The summed E-state index contributed by atoms with van der Waals surface area (Å²) in [7, 11) is 4.61. The van der Waals surface area contributed by atoms with Crippen LogP contribution in [0.1, 0.15) is 0 Å². The number of ether oxygens (including phenoxy) is 3. The first kappa shape index (κ1) is 26.4. The molecule has 1 unspecified atom stereocenters. The number of aliphatic hydroxyl groups is 1. The summed E-state index contributed by atoms with van der Waals surface area (Å²) in [5, 5.41) is 13.9. The van der Waals surface area contributed by atoms with Gasteiger partial charge in [0.15, 0.2) is 11.5 Å². The van der Waals surface area contributed by atoms with Crippen molar-refractivity contribution >= 4 is 34.1 Å². The number of anilines is 2. The number of pyridine rings is 1. The highest BCUT2D eigenvalue weighted by atomic mass is 19.1. The second kappa shape index (κ2) is 10.9. The minimum absolute atomic E-state index is 0.204. The van der Waals surface area contributed by atoms with Gasteiger partial charge in [-0.25, -0.2) is 4.39 Å². The van der Waals surface area contributed by atoms with E-state index in [0.717, 1.165) is 10.3 Å². The van der Waals surface area contributed by atoms with Crippen LogP contribution >= 0.6 is 0 Å². The number of methoxy groups -OCH3 is 2. The number of aliphatic hydroxyl groups excluding tert-OH is 1. The fourth-order valence-electron chi connectivity index (χ4n) is 4.22. The maximum absolute atomic E-state index is 13.4. The largest absolute Gasteiger partial charge is 0.493 e. The average molecular weight is 545 g/mol. The molecule has 0 saturated heterocycles. The lowest BCUT2D eigenvalue weighted by Crippen LogP contribution is -2.53. The van der Waals surface area contributed by atoms with Crippen LogP contribution in [0.3, 0.4) is 0 Å². The minimum Gasteiger partial charge on any atom is -0.493 e. The Bertz CT molecular complexity index is 1610. The molecule has 3 aromatic carbocycles. The van der Waals surface area contributed by atoms with E-state index in [1.807, 2.05) is 0 Å². The summed E-state index contributed by atoms with van der Waals surface area (Å²) in [5.74, 6) is 0.231. The van der Waals surface area contributed by atoms with Gasteiger partial charge in [0.05, 0.1) is 19.7 Å². The zero-order chi connectivity index (χ0) is 28.4. The minimum atomic E-state index is -1.36. The number of rotatable bonds is 7. The summed E-state index contributed by atoms with van der Waals surface area (Å²) in [6.45, 7) is 0. The number of amides is 2. The van der Waals surface area contributed by atoms with Gasteiger partial charge in [0, 0.05) is 42.3 Å². The molecule has 11 heteroatoms. The van der Waals surface area contributed by atoms with Crippen molar-refractivity contribution in [3.05, 3.63) is 90.5 Å². The zero-order valence-electron chi connectivity index (χ0n) is 21.8.